The number of rotatable bonds is 3. The summed E-state index contributed by atoms with van der Waals surface area (Å²) >= 11 is 0. The predicted octanol–water partition coefficient (Wildman–Crippen LogP) is 2.47. The van der Waals surface area contributed by atoms with Crippen molar-refractivity contribution in [3.63, 3.8) is 0 Å². The Morgan fingerprint density at radius 2 is 1.73 bits per heavy atom. The van der Waals surface area contributed by atoms with Crippen LogP contribution in [0.4, 0.5) is 13.2 Å². The van der Waals surface area contributed by atoms with Crippen LogP contribution in [0.1, 0.15) is 5.56 Å². The largest absolute Gasteiger partial charge is 0.424 e. The number of nitrogens with two attached hydrogens (primary N) is 1. The van der Waals surface area contributed by atoms with Crippen LogP contribution in [0.5, 0.6) is 0 Å². The van der Waals surface area contributed by atoms with E-state index < -0.39 is 43.7 Å². The molecule has 1 aromatic heterocycles. The van der Waals surface area contributed by atoms with Crippen LogP contribution < -0.4 is 10.9 Å². The topological polar surface area (TPSA) is 95.3 Å². The van der Waals surface area contributed by atoms with Gasteiger partial charge in [-0.1, -0.05) is 0 Å². The summed E-state index contributed by atoms with van der Waals surface area (Å²) in [6.07, 6.45) is 0.884. The van der Waals surface area contributed by atoms with Crippen LogP contribution in [-0.4, -0.2) is 13.0 Å². The molecule has 6 nitrogen and oxygen atoms in total. The lowest BCUT2D eigenvalue weighted by atomic mass is 10.1. The van der Waals surface area contributed by atoms with Crippen molar-refractivity contribution >= 4 is 10.0 Å². The van der Waals surface area contributed by atoms with E-state index in [9.17, 15) is 26.4 Å². The lowest BCUT2D eigenvalue weighted by Crippen LogP contribution is -2.16. The number of oxazole rings is 1. The minimum Gasteiger partial charge on any atom is -0.415 e. The van der Waals surface area contributed by atoms with Gasteiger partial charge in [-0.3, -0.25) is 0 Å². The van der Waals surface area contributed by atoms with Gasteiger partial charge < -0.3 is 4.42 Å². The molecular formula is C16H11F3N2O4S. The second-order valence-electron chi connectivity index (χ2n) is 5.46. The van der Waals surface area contributed by atoms with Gasteiger partial charge >= 0.3 is 5.76 Å². The van der Waals surface area contributed by atoms with Gasteiger partial charge in [0.15, 0.2) is 0 Å². The fraction of sp³-hybridized carbons (Fsp3) is 0.0625. The fourth-order valence-corrected chi connectivity index (χ4v) is 3.05. The van der Waals surface area contributed by atoms with E-state index in [1.54, 1.807) is 0 Å². The lowest BCUT2D eigenvalue weighted by Gasteiger charge is -2.10. The van der Waals surface area contributed by atoms with Gasteiger partial charge in [-0.2, -0.15) is 0 Å². The number of nitrogens with zero attached hydrogens (tertiary/aromatic N) is 1. The number of halogens is 3. The first kappa shape index (κ1) is 18.0. The van der Waals surface area contributed by atoms with Crippen LogP contribution in [0.25, 0.3) is 16.9 Å². The third kappa shape index (κ3) is 3.04. The summed E-state index contributed by atoms with van der Waals surface area (Å²) in [4.78, 5) is 11.0. The molecule has 0 aliphatic carbocycles. The van der Waals surface area contributed by atoms with E-state index in [1.165, 1.54) is 19.1 Å². The molecule has 3 aromatic rings. The third-order valence-electron chi connectivity index (χ3n) is 3.70. The minimum absolute atomic E-state index is 0.160. The van der Waals surface area contributed by atoms with E-state index in [4.69, 9.17) is 9.56 Å². The van der Waals surface area contributed by atoms with Crippen molar-refractivity contribution in [1.29, 1.82) is 0 Å². The Labute approximate surface area is 145 Å². The van der Waals surface area contributed by atoms with Crippen LogP contribution in [0.15, 0.2) is 50.7 Å². The van der Waals surface area contributed by atoms with Crippen LogP contribution in [0, 0.1) is 24.4 Å². The number of benzene rings is 2. The van der Waals surface area contributed by atoms with Crippen molar-refractivity contribution in [2.24, 2.45) is 5.14 Å². The molecule has 0 unspecified atom stereocenters. The highest BCUT2D eigenvalue weighted by Crippen LogP contribution is 2.28. The van der Waals surface area contributed by atoms with Crippen LogP contribution in [-0.2, 0) is 10.0 Å². The van der Waals surface area contributed by atoms with Gasteiger partial charge in [0, 0.05) is 5.56 Å². The normalized spacial score (nSPS) is 11.7. The second-order valence-corrected chi connectivity index (χ2v) is 6.99. The van der Waals surface area contributed by atoms with Gasteiger partial charge in [0.2, 0.25) is 10.0 Å². The maximum atomic E-state index is 14.4. The van der Waals surface area contributed by atoms with Gasteiger partial charge in [-0.05, 0) is 42.8 Å². The first-order chi connectivity index (χ1) is 12.1. The number of aromatic nitrogens is 1. The van der Waals surface area contributed by atoms with Crippen LogP contribution >= 0.6 is 0 Å². The van der Waals surface area contributed by atoms with Gasteiger partial charge in [0.25, 0.3) is 0 Å². The Hall–Kier alpha value is -2.85. The molecule has 0 amide bonds. The van der Waals surface area contributed by atoms with Gasteiger partial charge in [-0.25, -0.2) is 36.1 Å². The van der Waals surface area contributed by atoms with Crippen molar-refractivity contribution in [3.05, 3.63) is 70.2 Å². The van der Waals surface area contributed by atoms with Gasteiger partial charge in [0.05, 0.1) is 11.4 Å². The molecule has 0 bridgehead atoms. The molecule has 3 rings (SSSR count). The molecule has 0 saturated carbocycles. The Morgan fingerprint density at radius 3 is 2.35 bits per heavy atom. The molecule has 10 heteroatoms. The van der Waals surface area contributed by atoms with Crippen molar-refractivity contribution < 1.29 is 26.0 Å². The summed E-state index contributed by atoms with van der Waals surface area (Å²) in [5.41, 5.74) is -0.230. The Morgan fingerprint density at radius 1 is 1.04 bits per heavy atom. The predicted molar refractivity (Wildman–Crippen MR) is 85.7 cm³/mol. The number of hydrogen-bond acceptors (Lipinski definition) is 4. The highest BCUT2D eigenvalue weighted by molar-refractivity contribution is 7.89. The summed E-state index contributed by atoms with van der Waals surface area (Å²) in [5.74, 6) is -3.86. The highest BCUT2D eigenvalue weighted by Gasteiger charge is 2.22. The van der Waals surface area contributed by atoms with Crippen LogP contribution in [0.2, 0.25) is 0 Å². The first-order valence-corrected chi connectivity index (χ1v) is 8.63. The fourth-order valence-electron chi connectivity index (χ4n) is 2.45. The quantitative estimate of drug-likeness (QED) is 0.750. The molecule has 0 aliphatic heterocycles. The lowest BCUT2D eigenvalue weighted by molar-refractivity contribution is 0.504. The first-order valence-electron chi connectivity index (χ1n) is 7.09. The van der Waals surface area contributed by atoms with Crippen molar-refractivity contribution in [2.45, 2.75) is 11.8 Å². The van der Waals surface area contributed by atoms with E-state index in [2.05, 4.69) is 0 Å². The maximum Gasteiger partial charge on any atom is 0.424 e. The number of sulfonamides is 1. The van der Waals surface area contributed by atoms with E-state index in [1.807, 2.05) is 0 Å². The maximum absolute atomic E-state index is 14.4. The Balaban J connectivity index is 2.26. The third-order valence-corrected chi connectivity index (χ3v) is 4.62. The van der Waals surface area contributed by atoms with Gasteiger partial charge in [0.1, 0.15) is 28.6 Å². The van der Waals surface area contributed by atoms with E-state index >= 15 is 0 Å². The molecule has 0 spiro atoms. The van der Waals surface area contributed by atoms with Crippen molar-refractivity contribution in [1.82, 2.24) is 4.57 Å². The smallest absolute Gasteiger partial charge is 0.415 e. The summed E-state index contributed by atoms with van der Waals surface area (Å²) in [6.45, 7) is 1.46. The van der Waals surface area contributed by atoms with Crippen molar-refractivity contribution in [3.8, 4) is 16.9 Å². The molecule has 0 fully saturated rings. The van der Waals surface area contributed by atoms with E-state index in [0.29, 0.717) is 12.1 Å². The molecule has 136 valence electrons. The number of primary sulfonamides is 1. The minimum atomic E-state index is -4.47. The zero-order valence-corrected chi connectivity index (χ0v) is 14.0. The standard InChI is InChI=1S/C16H11F3N2O4S/c1-8-4-9(2-3-11(8)17)21-14(7-25-16(21)22)10-5-13(19)15(6-12(10)18)26(20,23)24/h2-7H,1H3,(H2,20,23,24). The Bertz CT molecular complexity index is 1180. The van der Waals surface area contributed by atoms with E-state index in [-0.39, 0.29) is 16.9 Å². The highest BCUT2D eigenvalue weighted by atomic mass is 32.2. The van der Waals surface area contributed by atoms with Crippen molar-refractivity contribution in [2.75, 3.05) is 0 Å². The monoisotopic (exact) mass is 384 g/mol. The molecule has 2 N–H and O–H groups in total. The number of aryl methyl sites for hydroxylation is 1. The summed E-state index contributed by atoms with van der Waals surface area (Å²) in [5, 5.41) is 4.83. The summed E-state index contributed by atoms with van der Waals surface area (Å²) < 4.78 is 70.1. The van der Waals surface area contributed by atoms with Crippen LogP contribution in [0.3, 0.4) is 0 Å². The zero-order chi connectivity index (χ0) is 19.2. The van der Waals surface area contributed by atoms with E-state index in [0.717, 1.165) is 16.9 Å². The van der Waals surface area contributed by atoms with Gasteiger partial charge in [-0.15, -0.1) is 0 Å². The molecule has 2 aromatic carbocycles. The molecule has 0 radical (unpaired) electrons. The molecule has 1 heterocycles. The average Bonchev–Trinajstić information content (AvgIpc) is 2.92. The molecular weight excluding hydrogens is 373 g/mol. The zero-order valence-electron chi connectivity index (χ0n) is 13.2. The second kappa shape index (κ2) is 6.15. The Kier molecular flexibility index (Phi) is 4.24. The summed E-state index contributed by atoms with van der Waals surface area (Å²) in [6, 6.07) is 4.69. The molecule has 26 heavy (non-hydrogen) atoms. The SMILES string of the molecule is Cc1cc(-n2c(-c3cc(F)c(S(N)(=O)=O)cc3F)coc2=O)ccc1F. The summed E-state index contributed by atoms with van der Waals surface area (Å²) in [7, 11) is -4.47. The number of hydrogen-bond donors (Lipinski definition) is 1. The molecule has 0 saturated heterocycles. The average molecular weight is 384 g/mol. The molecule has 0 atom stereocenters. The molecule has 0 aliphatic rings.